The van der Waals surface area contributed by atoms with Crippen molar-refractivity contribution in [1.82, 2.24) is 4.31 Å². The number of carbonyl (C=O) groups is 1. The molecule has 0 unspecified atom stereocenters. The minimum absolute atomic E-state index is 0.171. The van der Waals surface area contributed by atoms with Crippen LogP contribution in [0.15, 0.2) is 83.8 Å². The Bertz CT molecular complexity index is 1110. The number of hydrogen-bond acceptors (Lipinski definition) is 4. The van der Waals surface area contributed by atoms with Crippen LogP contribution in [0, 0.1) is 6.92 Å². The second-order valence-corrected chi connectivity index (χ2v) is 9.33. The number of ether oxygens (including phenoxy) is 1. The normalized spacial score (nSPS) is 11.3. The molecule has 0 bridgehead atoms. The summed E-state index contributed by atoms with van der Waals surface area (Å²) in [6.07, 6.45) is 0.502. The van der Waals surface area contributed by atoms with E-state index in [0.29, 0.717) is 24.5 Å². The monoisotopic (exact) mass is 452 g/mol. The lowest BCUT2D eigenvalue weighted by molar-refractivity contribution is -0.116. The van der Waals surface area contributed by atoms with Crippen LogP contribution in [0.2, 0.25) is 0 Å². The predicted molar refractivity (Wildman–Crippen MR) is 126 cm³/mol. The highest BCUT2D eigenvalue weighted by molar-refractivity contribution is 7.89. The van der Waals surface area contributed by atoms with Crippen LogP contribution < -0.4 is 10.1 Å². The van der Waals surface area contributed by atoms with Gasteiger partial charge in [0.05, 0.1) is 18.0 Å². The Kier molecular flexibility index (Phi) is 8.03. The number of nitrogens with zero attached hydrogens (tertiary/aromatic N) is 1. The van der Waals surface area contributed by atoms with Gasteiger partial charge in [0.1, 0.15) is 5.75 Å². The Labute approximate surface area is 189 Å². The molecule has 0 spiro atoms. The molecule has 0 aliphatic rings. The van der Waals surface area contributed by atoms with Crippen molar-refractivity contribution in [3.05, 3.63) is 90.0 Å². The molecule has 1 amide bonds. The van der Waals surface area contributed by atoms with E-state index in [4.69, 9.17) is 4.74 Å². The van der Waals surface area contributed by atoms with Gasteiger partial charge in [-0.25, -0.2) is 8.42 Å². The third-order valence-electron chi connectivity index (χ3n) is 4.92. The summed E-state index contributed by atoms with van der Waals surface area (Å²) in [4.78, 5) is 12.9. The number of rotatable bonds is 10. The molecule has 0 fully saturated rings. The Morgan fingerprint density at radius 3 is 2.22 bits per heavy atom. The molecule has 3 rings (SSSR count). The number of nitrogens with one attached hydrogen (secondary N) is 1. The van der Waals surface area contributed by atoms with Crippen LogP contribution in [0.4, 0.5) is 5.69 Å². The van der Waals surface area contributed by atoms with E-state index in [1.165, 1.54) is 4.31 Å². The van der Waals surface area contributed by atoms with Crippen LogP contribution in [0.25, 0.3) is 0 Å². The fraction of sp³-hybridized carbons (Fsp3) is 0.240. The third kappa shape index (κ3) is 6.42. The van der Waals surface area contributed by atoms with Crippen molar-refractivity contribution in [2.24, 2.45) is 0 Å². The number of carbonyl (C=O) groups excluding carboxylic acids is 1. The van der Waals surface area contributed by atoms with E-state index in [2.05, 4.69) is 5.32 Å². The quantitative estimate of drug-likeness (QED) is 0.499. The molecule has 0 saturated heterocycles. The fourth-order valence-electron chi connectivity index (χ4n) is 3.20. The van der Waals surface area contributed by atoms with Crippen molar-refractivity contribution in [3.8, 4) is 5.75 Å². The largest absolute Gasteiger partial charge is 0.494 e. The van der Waals surface area contributed by atoms with Crippen LogP contribution >= 0.6 is 0 Å². The van der Waals surface area contributed by atoms with Crippen molar-refractivity contribution < 1.29 is 17.9 Å². The molecule has 0 aliphatic heterocycles. The molecule has 0 heterocycles. The summed E-state index contributed by atoms with van der Waals surface area (Å²) in [5.74, 6) is 0.301. The van der Waals surface area contributed by atoms with Gasteiger partial charge < -0.3 is 10.1 Å². The topological polar surface area (TPSA) is 75.7 Å². The minimum Gasteiger partial charge on any atom is -0.494 e. The molecular formula is C25H28N2O4S. The summed E-state index contributed by atoms with van der Waals surface area (Å²) in [5.41, 5.74) is 2.55. The summed E-state index contributed by atoms with van der Waals surface area (Å²) >= 11 is 0. The zero-order chi connectivity index (χ0) is 23.0. The number of benzene rings is 3. The van der Waals surface area contributed by atoms with Gasteiger partial charge in [0.15, 0.2) is 0 Å². The molecule has 3 aromatic rings. The maximum atomic E-state index is 13.3. The van der Waals surface area contributed by atoms with Gasteiger partial charge in [-0.05, 0) is 62.2 Å². The molecule has 3 aromatic carbocycles. The Hall–Kier alpha value is -3.16. The highest BCUT2D eigenvalue weighted by atomic mass is 32.2. The van der Waals surface area contributed by atoms with E-state index in [1.807, 2.05) is 44.2 Å². The van der Waals surface area contributed by atoms with Crippen LogP contribution in [-0.4, -0.2) is 38.3 Å². The zero-order valence-electron chi connectivity index (χ0n) is 18.3. The van der Waals surface area contributed by atoms with E-state index < -0.39 is 15.9 Å². The molecule has 0 radical (unpaired) electrons. The Morgan fingerprint density at radius 2 is 1.59 bits per heavy atom. The van der Waals surface area contributed by atoms with Crippen LogP contribution in [0.1, 0.15) is 18.1 Å². The van der Waals surface area contributed by atoms with Crippen molar-refractivity contribution in [3.63, 3.8) is 0 Å². The first-order valence-corrected chi connectivity index (χ1v) is 12.0. The van der Waals surface area contributed by atoms with Crippen LogP contribution in [0.5, 0.6) is 5.75 Å². The summed E-state index contributed by atoms with van der Waals surface area (Å²) in [7, 11) is -3.84. The lowest BCUT2D eigenvalue weighted by Crippen LogP contribution is -2.39. The van der Waals surface area contributed by atoms with Gasteiger partial charge in [-0.3, -0.25) is 4.79 Å². The van der Waals surface area contributed by atoms with Crippen LogP contribution in [0.3, 0.4) is 0 Å². The summed E-state index contributed by atoms with van der Waals surface area (Å²) in [6.45, 7) is 4.26. The number of anilines is 1. The number of hydrogen-bond donors (Lipinski definition) is 1. The maximum absolute atomic E-state index is 13.3. The molecule has 32 heavy (non-hydrogen) atoms. The lowest BCUT2D eigenvalue weighted by atomic mass is 10.1. The summed E-state index contributed by atoms with van der Waals surface area (Å²) < 4.78 is 33.2. The smallest absolute Gasteiger partial charge is 0.243 e. The molecule has 0 aliphatic carbocycles. The average Bonchev–Trinajstić information content (AvgIpc) is 2.79. The standard InChI is InChI=1S/C25H28N2O4S/c1-3-31-23-13-11-22(12-14-23)26-25(28)19-27(18-17-21-7-5-4-6-8-21)32(29,30)24-15-9-20(2)10-16-24/h4-16H,3,17-19H2,1-2H3,(H,26,28). The fourth-order valence-corrected chi connectivity index (χ4v) is 4.60. The Balaban J connectivity index is 1.76. The predicted octanol–water partition coefficient (Wildman–Crippen LogP) is 4.27. The van der Waals surface area contributed by atoms with Gasteiger partial charge in [0.25, 0.3) is 0 Å². The second-order valence-electron chi connectivity index (χ2n) is 7.39. The number of aryl methyl sites for hydroxylation is 1. The van der Waals surface area contributed by atoms with Gasteiger partial charge in [-0.1, -0.05) is 48.0 Å². The second kappa shape index (κ2) is 10.9. The minimum atomic E-state index is -3.84. The summed E-state index contributed by atoms with van der Waals surface area (Å²) in [6, 6.07) is 23.2. The highest BCUT2D eigenvalue weighted by Crippen LogP contribution is 2.19. The van der Waals surface area contributed by atoms with Crippen molar-refractivity contribution >= 4 is 21.6 Å². The van der Waals surface area contributed by atoms with E-state index in [-0.39, 0.29) is 18.0 Å². The first-order chi connectivity index (χ1) is 15.4. The van der Waals surface area contributed by atoms with Crippen molar-refractivity contribution in [1.29, 1.82) is 0 Å². The van der Waals surface area contributed by atoms with Gasteiger partial charge in [-0.2, -0.15) is 4.31 Å². The Morgan fingerprint density at radius 1 is 0.938 bits per heavy atom. The first-order valence-electron chi connectivity index (χ1n) is 10.5. The number of sulfonamides is 1. The summed E-state index contributed by atoms with van der Waals surface area (Å²) in [5, 5.41) is 2.77. The van der Waals surface area contributed by atoms with Gasteiger partial charge in [0, 0.05) is 12.2 Å². The molecule has 0 aromatic heterocycles. The lowest BCUT2D eigenvalue weighted by Gasteiger charge is -2.22. The zero-order valence-corrected chi connectivity index (χ0v) is 19.1. The molecular weight excluding hydrogens is 424 g/mol. The molecule has 6 nitrogen and oxygen atoms in total. The van der Waals surface area contributed by atoms with Gasteiger partial charge >= 0.3 is 0 Å². The van der Waals surface area contributed by atoms with E-state index >= 15 is 0 Å². The van der Waals surface area contributed by atoms with Crippen molar-refractivity contribution in [2.75, 3.05) is 25.0 Å². The van der Waals surface area contributed by atoms with Gasteiger partial charge in [0.2, 0.25) is 15.9 Å². The van der Waals surface area contributed by atoms with E-state index in [9.17, 15) is 13.2 Å². The average molecular weight is 453 g/mol. The first kappa shape index (κ1) is 23.5. The molecule has 1 N–H and O–H groups in total. The van der Waals surface area contributed by atoms with Gasteiger partial charge in [-0.15, -0.1) is 0 Å². The van der Waals surface area contributed by atoms with Crippen LogP contribution in [-0.2, 0) is 21.2 Å². The van der Waals surface area contributed by atoms with E-state index in [1.54, 1.807) is 48.5 Å². The molecule has 168 valence electrons. The van der Waals surface area contributed by atoms with Crippen molar-refractivity contribution in [2.45, 2.75) is 25.2 Å². The molecule has 0 saturated carbocycles. The SMILES string of the molecule is CCOc1ccc(NC(=O)CN(CCc2ccccc2)S(=O)(=O)c2ccc(C)cc2)cc1. The molecule has 0 atom stereocenters. The molecule has 7 heteroatoms. The maximum Gasteiger partial charge on any atom is 0.243 e. The van der Waals surface area contributed by atoms with E-state index in [0.717, 1.165) is 11.1 Å². The third-order valence-corrected chi connectivity index (χ3v) is 6.78. The number of amides is 1. The highest BCUT2D eigenvalue weighted by Gasteiger charge is 2.26.